The fourth-order valence-electron chi connectivity index (χ4n) is 3.70. The average molecular weight is 295 g/mol. The summed E-state index contributed by atoms with van der Waals surface area (Å²) in [5.74, 6) is 0.327. The molecule has 0 N–H and O–H groups in total. The Bertz CT molecular complexity index is 646. The van der Waals surface area contributed by atoms with Gasteiger partial charge < -0.3 is 4.90 Å². The fourth-order valence-corrected chi connectivity index (χ4v) is 3.70. The van der Waals surface area contributed by atoms with Crippen LogP contribution in [0.4, 0.5) is 0 Å². The van der Waals surface area contributed by atoms with Crippen LogP contribution in [0.3, 0.4) is 0 Å². The van der Waals surface area contributed by atoms with Crippen molar-refractivity contribution >= 4 is 5.91 Å². The van der Waals surface area contributed by atoms with E-state index >= 15 is 0 Å². The number of benzene rings is 1. The first-order chi connectivity index (χ1) is 10.8. The Morgan fingerprint density at radius 2 is 2.05 bits per heavy atom. The highest BCUT2D eigenvalue weighted by Gasteiger charge is 2.54. The number of nitrogens with zero attached hydrogens (tertiary/aromatic N) is 3. The third-order valence-corrected chi connectivity index (χ3v) is 5.08. The van der Waals surface area contributed by atoms with E-state index in [0.29, 0.717) is 5.91 Å². The third kappa shape index (κ3) is 2.23. The van der Waals surface area contributed by atoms with Gasteiger partial charge in [-0.05, 0) is 37.3 Å². The molecule has 1 saturated carbocycles. The van der Waals surface area contributed by atoms with Gasteiger partial charge in [-0.2, -0.15) is 5.10 Å². The molecule has 1 aliphatic carbocycles. The molecule has 1 aliphatic heterocycles. The zero-order chi connectivity index (χ0) is 15.0. The highest BCUT2D eigenvalue weighted by Crippen LogP contribution is 2.50. The molecule has 4 heteroatoms. The van der Waals surface area contributed by atoms with Crippen molar-refractivity contribution in [3.63, 3.8) is 0 Å². The Hall–Kier alpha value is -2.10. The van der Waals surface area contributed by atoms with Crippen LogP contribution in [0.15, 0.2) is 48.8 Å². The van der Waals surface area contributed by atoms with Crippen molar-refractivity contribution in [1.29, 1.82) is 0 Å². The van der Waals surface area contributed by atoms with Crippen LogP contribution in [0.2, 0.25) is 0 Å². The highest BCUT2D eigenvalue weighted by atomic mass is 16.2. The number of likely N-dealkylation sites (tertiary alicyclic amines) is 1. The molecule has 2 aromatic rings. The van der Waals surface area contributed by atoms with Crippen molar-refractivity contribution in [2.45, 2.75) is 43.7 Å². The van der Waals surface area contributed by atoms with Crippen LogP contribution < -0.4 is 0 Å². The molecule has 2 heterocycles. The smallest absolute Gasteiger partial charge is 0.233 e. The molecule has 1 aromatic heterocycles. The van der Waals surface area contributed by atoms with Crippen LogP contribution in [-0.2, 0) is 16.8 Å². The Morgan fingerprint density at radius 3 is 2.73 bits per heavy atom. The van der Waals surface area contributed by atoms with Gasteiger partial charge in [0.25, 0.3) is 0 Å². The van der Waals surface area contributed by atoms with Crippen LogP contribution in [0.25, 0.3) is 0 Å². The largest absolute Gasteiger partial charge is 0.337 e. The topological polar surface area (TPSA) is 38.1 Å². The van der Waals surface area contributed by atoms with Gasteiger partial charge in [-0.25, -0.2) is 0 Å². The van der Waals surface area contributed by atoms with Crippen LogP contribution in [0, 0.1) is 0 Å². The van der Waals surface area contributed by atoms with Crippen molar-refractivity contribution in [2.75, 3.05) is 6.54 Å². The van der Waals surface area contributed by atoms with Gasteiger partial charge in [0.1, 0.15) is 0 Å². The summed E-state index contributed by atoms with van der Waals surface area (Å²) in [6.45, 7) is 1.70. The molecular weight excluding hydrogens is 274 g/mol. The predicted octanol–water partition coefficient (Wildman–Crippen LogP) is 2.61. The maximum Gasteiger partial charge on any atom is 0.233 e. The summed E-state index contributed by atoms with van der Waals surface area (Å²) in [5.41, 5.74) is 0.943. The Kier molecular flexibility index (Phi) is 3.25. The molecule has 4 rings (SSSR count). The number of aromatic nitrogens is 2. The van der Waals surface area contributed by atoms with Gasteiger partial charge >= 0.3 is 0 Å². The van der Waals surface area contributed by atoms with Gasteiger partial charge in [-0.3, -0.25) is 9.48 Å². The van der Waals surface area contributed by atoms with Gasteiger partial charge in [0.15, 0.2) is 0 Å². The minimum Gasteiger partial charge on any atom is -0.337 e. The highest BCUT2D eigenvalue weighted by molar-refractivity contribution is 5.91. The van der Waals surface area contributed by atoms with E-state index in [9.17, 15) is 4.79 Å². The molecule has 2 fully saturated rings. The first-order valence-corrected chi connectivity index (χ1v) is 8.14. The average Bonchev–Trinajstić information content (AvgIpc) is 2.97. The van der Waals surface area contributed by atoms with Gasteiger partial charge in [-0.15, -0.1) is 0 Å². The molecule has 114 valence electrons. The molecular formula is C18H21N3O. The number of carbonyl (C=O) groups is 1. The van der Waals surface area contributed by atoms with E-state index in [1.165, 1.54) is 5.56 Å². The summed E-state index contributed by atoms with van der Waals surface area (Å²) in [4.78, 5) is 15.3. The second kappa shape index (κ2) is 5.27. The normalized spacial score (nSPS) is 22.7. The molecule has 22 heavy (non-hydrogen) atoms. The van der Waals surface area contributed by atoms with E-state index in [0.717, 1.165) is 38.8 Å². The lowest BCUT2D eigenvalue weighted by Crippen LogP contribution is -2.44. The standard InChI is InChI=1S/C18H21N3O/c22-17(18(9-10-18)15-6-2-1-3-7-15)21-13-4-8-16(21)14-20-12-5-11-19-20/h1-3,5-7,11-12,16H,4,8-10,13-14H2/t16-/m1/s1. The van der Waals surface area contributed by atoms with E-state index in [1.54, 1.807) is 6.20 Å². The lowest BCUT2D eigenvalue weighted by atomic mass is 9.94. The van der Waals surface area contributed by atoms with E-state index in [-0.39, 0.29) is 11.5 Å². The van der Waals surface area contributed by atoms with E-state index in [1.807, 2.05) is 35.1 Å². The summed E-state index contributed by atoms with van der Waals surface area (Å²) in [5, 5.41) is 4.29. The summed E-state index contributed by atoms with van der Waals surface area (Å²) in [6, 6.07) is 12.5. The third-order valence-electron chi connectivity index (χ3n) is 5.08. The number of hydrogen-bond acceptors (Lipinski definition) is 2. The summed E-state index contributed by atoms with van der Waals surface area (Å²) in [7, 11) is 0. The van der Waals surface area contributed by atoms with Gasteiger partial charge in [-0.1, -0.05) is 30.3 Å². The quantitative estimate of drug-likeness (QED) is 0.869. The van der Waals surface area contributed by atoms with Crippen molar-refractivity contribution in [3.8, 4) is 0 Å². The van der Waals surface area contributed by atoms with E-state index < -0.39 is 0 Å². The van der Waals surface area contributed by atoms with Crippen LogP contribution >= 0.6 is 0 Å². The molecule has 1 saturated heterocycles. The molecule has 0 bridgehead atoms. The van der Waals surface area contributed by atoms with Gasteiger partial charge in [0, 0.05) is 18.9 Å². The molecule has 0 radical (unpaired) electrons. The monoisotopic (exact) mass is 295 g/mol. The number of rotatable bonds is 4. The lowest BCUT2D eigenvalue weighted by molar-refractivity contribution is -0.135. The number of hydrogen-bond donors (Lipinski definition) is 0. The van der Waals surface area contributed by atoms with Gasteiger partial charge in [0.05, 0.1) is 18.0 Å². The minimum absolute atomic E-state index is 0.242. The Balaban J connectivity index is 1.54. The molecule has 0 unspecified atom stereocenters. The zero-order valence-electron chi connectivity index (χ0n) is 12.7. The first kappa shape index (κ1) is 13.6. The summed E-state index contributed by atoms with van der Waals surface area (Å²) in [6.07, 6.45) is 7.93. The zero-order valence-corrected chi connectivity index (χ0v) is 12.7. The lowest BCUT2D eigenvalue weighted by Gasteiger charge is -2.29. The van der Waals surface area contributed by atoms with E-state index in [4.69, 9.17) is 0 Å². The predicted molar refractivity (Wildman–Crippen MR) is 84.3 cm³/mol. The molecule has 0 spiro atoms. The minimum atomic E-state index is -0.242. The molecule has 1 aromatic carbocycles. The second-order valence-corrected chi connectivity index (χ2v) is 6.47. The molecule has 4 nitrogen and oxygen atoms in total. The van der Waals surface area contributed by atoms with Crippen molar-refractivity contribution < 1.29 is 4.79 Å². The van der Waals surface area contributed by atoms with Crippen molar-refractivity contribution in [3.05, 3.63) is 54.4 Å². The van der Waals surface area contributed by atoms with Crippen molar-refractivity contribution in [2.24, 2.45) is 0 Å². The maximum atomic E-state index is 13.2. The maximum absolute atomic E-state index is 13.2. The van der Waals surface area contributed by atoms with Crippen LogP contribution in [-0.4, -0.2) is 33.2 Å². The Labute approximate surface area is 130 Å². The summed E-state index contributed by atoms with van der Waals surface area (Å²) < 4.78 is 1.94. The molecule has 1 atom stereocenters. The Morgan fingerprint density at radius 1 is 1.23 bits per heavy atom. The molecule has 2 aliphatic rings. The number of carbonyl (C=O) groups excluding carboxylic acids is 1. The van der Waals surface area contributed by atoms with Crippen molar-refractivity contribution in [1.82, 2.24) is 14.7 Å². The van der Waals surface area contributed by atoms with E-state index in [2.05, 4.69) is 22.1 Å². The fraction of sp³-hybridized carbons (Fsp3) is 0.444. The van der Waals surface area contributed by atoms with Crippen LogP contribution in [0.1, 0.15) is 31.2 Å². The van der Waals surface area contributed by atoms with Crippen LogP contribution in [0.5, 0.6) is 0 Å². The SMILES string of the molecule is O=C(N1CCC[C@@H]1Cn1cccn1)C1(c2ccccc2)CC1. The summed E-state index contributed by atoms with van der Waals surface area (Å²) >= 11 is 0. The first-order valence-electron chi connectivity index (χ1n) is 8.14. The molecule has 1 amide bonds. The second-order valence-electron chi connectivity index (χ2n) is 6.47. The van der Waals surface area contributed by atoms with Gasteiger partial charge in [0.2, 0.25) is 5.91 Å². The number of amides is 1.